The van der Waals surface area contributed by atoms with Crippen LogP contribution in [0.25, 0.3) is 0 Å². The van der Waals surface area contributed by atoms with Crippen molar-refractivity contribution in [1.29, 1.82) is 5.26 Å². The molecule has 0 atom stereocenters. The number of hydrogen-bond acceptors (Lipinski definition) is 2. The van der Waals surface area contributed by atoms with Crippen molar-refractivity contribution in [3.63, 3.8) is 0 Å². The Labute approximate surface area is 116 Å². The van der Waals surface area contributed by atoms with Gasteiger partial charge in [0.25, 0.3) is 0 Å². The van der Waals surface area contributed by atoms with Crippen LogP contribution in [0.5, 0.6) is 0 Å². The van der Waals surface area contributed by atoms with Crippen molar-refractivity contribution in [2.45, 2.75) is 6.54 Å². The first-order chi connectivity index (χ1) is 9.11. The zero-order valence-electron chi connectivity index (χ0n) is 10.4. The Morgan fingerprint density at radius 1 is 1.26 bits per heavy atom. The van der Waals surface area contributed by atoms with Crippen LogP contribution >= 0.6 is 11.6 Å². The highest BCUT2D eigenvalue weighted by Gasteiger charge is 2.11. The maximum Gasteiger partial charge on any atom is 0.143 e. The van der Waals surface area contributed by atoms with E-state index in [2.05, 4.69) is 0 Å². The minimum Gasteiger partial charge on any atom is -0.369 e. The van der Waals surface area contributed by atoms with Crippen LogP contribution in [0.15, 0.2) is 42.5 Å². The first kappa shape index (κ1) is 13.4. The van der Waals surface area contributed by atoms with Crippen LogP contribution in [-0.2, 0) is 6.54 Å². The molecule has 0 saturated carbocycles. The fourth-order valence-corrected chi connectivity index (χ4v) is 2.15. The summed E-state index contributed by atoms with van der Waals surface area (Å²) < 4.78 is 13.5. The third kappa shape index (κ3) is 3.04. The molecule has 0 fully saturated rings. The Kier molecular flexibility index (Phi) is 4.03. The fourth-order valence-electron chi connectivity index (χ4n) is 1.94. The zero-order valence-corrected chi connectivity index (χ0v) is 11.2. The van der Waals surface area contributed by atoms with E-state index in [1.807, 2.05) is 36.2 Å². The van der Waals surface area contributed by atoms with Gasteiger partial charge in [-0.15, -0.1) is 0 Å². The molecule has 0 saturated heterocycles. The van der Waals surface area contributed by atoms with E-state index < -0.39 is 5.82 Å². The molecule has 0 spiro atoms. The van der Waals surface area contributed by atoms with Crippen LogP contribution in [0, 0.1) is 17.1 Å². The lowest BCUT2D eigenvalue weighted by atomic mass is 10.1. The number of halogens is 2. The van der Waals surface area contributed by atoms with Crippen molar-refractivity contribution >= 4 is 17.3 Å². The fraction of sp³-hybridized carbons (Fsp3) is 0.133. The maximum absolute atomic E-state index is 13.5. The minimum absolute atomic E-state index is 0.0621. The van der Waals surface area contributed by atoms with Gasteiger partial charge in [0.05, 0.1) is 5.69 Å². The summed E-state index contributed by atoms with van der Waals surface area (Å²) in [7, 11) is 1.82. The number of anilines is 1. The highest BCUT2D eigenvalue weighted by Crippen LogP contribution is 2.23. The molecule has 0 radical (unpaired) electrons. The van der Waals surface area contributed by atoms with E-state index in [4.69, 9.17) is 16.9 Å². The molecular formula is C15H12ClFN2. The first-order valence-corrected chi connectivity index (χ1v) is 6.14. The van der Waals surface area contributed by atoms with E-state index in [-0.39, 0.29) is 5.56 Å². The van der Waals surface area contributed by atoms with Gasteiger partial charge in [0.1, 0.15) is 17.4 Å². The van der Waals surface area contributed by atoms with E-state index in [0.29, 0.717) is 17.3 Å². The van der Waals surface area contributed by atoms with E-state index in [1.165, 1.54) is 6.07 Å². The van der Waals surface area contributed by atoms with Gasteiger partial charge in [-0.05, 0) is 29.8 Å². The van der Waals surface area contributed by atoms with Gasteiger partial charge in [0, 0.05) is 18.6 Å². The zero-order chi connectivity index (χ0) is 13.8. The van der Waals surface area contributed by atoms with Crippen LogP contribution in [0.3, 0.4) is 0 Å². The number of rotatable bonds is 3. The first-order valence-electron chi connectivity index (χ1n) is 5.76. The SMILES string of the molecule is CN(Cc1cccc(Cl)c1)c1cccc(F)c1C#N. The van der Waals surface area contributed by atoms with Gasteiger partial charge < -0.3 is 4.90 Å². The Morgan fingerprint density at radius 2 is 2.00 bits per heavy atom. The van der Waals surface area contributed by atoms with Crippen LogP contribution in [0.1, 0.15) is 11.1 Å². The predicted octanol–water partition coefficient (Wildman–Crippen LogP) is 3.99. The molecule has 0 heterocycles. The molecule has 0 N–H and O–H groups in total. The van der Waals surface area contributed by atoms with E-state index in [9.17, 15) is 4.39 Å². The van der Waals surface area contributed by atoms with Crippen molar-refractivity contribution < 1.29 is 4.39 Å². The maximum atomic E-state index is 13.5. The monoisotopic (exact) mass is 274 g/mol. The van der Waals surface area contributed by atoms with E-state index in [0.717, 1.165) is 5.56 Å². The van der Waals surface area contributed by atoms with E-state index >= 15 is 0 Å². The number of hydrogen-bond donors (Lipinski definition) is 0. The summed E-state index contributed by atoms with van der Waals surface area (Å²) in [4.78, 5) is 1.83. The van der Waals surface area contributed by atoms with Crippen LogP contribution in [0.4, 0.5) is 10.1 Å². The smallest absolute Gasteiger partial charge is 0.143 e. The highest BCUT2D eigenvalue weighted by atomic mass is 35.5. The number of nitriles is 1. The molecule has 0 amide bonds. The van der Waals surface area contributed by atoms with Crippen molar-refractivity contribution in [1.82, 2.24) is 0 Å². The largest absolute Gasteiger partial charge is 0.369 e. The summed E-state index contributed by atoms with van der Waals surface area (Å²) >= 11 is 5.93. The molecule has 2 nitrogen and oxygen atoms in total. The molecule has 0 aliphatic rings. The third-order valence-corrected chi connectivity index (χ3v) is 3.06. The van der Waals surface area contributed by atoms with Gasteiger partial charge in [-0.3, -0.25) is 0 Å². The average Bonchev–Trinajstić information content (AvgIpc) is 2.38. The average molecular weight is 275 g/mol. The summed E-state index contributed by atoms with van der Waals surface area (Å²) in [5.74, 6) is -0.502. The molecule has 4 heteroatoms. The Hall–Kier alpha value is -2.05. The topological polar surface area (TPSA) is 27.0 Å². The molecule has 0 unspecified atom stereocenters. The molecule has 0 aromatic heterocycles. The molecule has 2 aromatic carbocycles. The van der Waals surface area contributed by atoms with Crippen molar-refractivity contribution in [3.05, 3.63) is 64.4 Å². The van der Waals surface area contributed by atoms with Gasteiger partial charge >= 0.3 is 0 Å². The van der Waals surface area contributed by atoms with Gasteiger partial charge in [-0.1, -0.05) is 29.8 Å². The number of benzene rings is 2. The molecule has 19 heavy (non-hydrogen) atoms. The molecule has 0 aliphatic heterocycles. The standard InChI is InChI=1S/C15H12ClFN2/c1-19(10-11-4-2-5-12(16)8-11)15-7-3-6-14(17)13(15)9-18/h2-8H,10H2,1H3. The van der Waals surface area contributed by atoms with Crippen molar-refractivity contribution in [3.8, 4) is 6.07 Å². The normalized spacial score (nSPS) is 10.0. The second-order valence-corrected chi connectivity index (χ2v) is 4.67. The number of nitrogens with zero attached hydrogens (tertiary/aromatic N) is 2. The predicted molar refractivity (Wildman–Crippen MR) is 74.7 cm³/mol. The molecule has 96 valence electrons. The van der Waals surface area contributed by atoms with Crippen molar-refractivity contribution in [2.75, 3.05) is 11.9 Å². The Balaban J connectivity index is 2.28. The van der Waals surface area contributed by atoms with E-state index in [1.54, 1.807) is 18.2 Å². The van der Waals surface area contributed by atoms with Crippen molar-refractivity contribution in [2.24, 2.45) is 0 Å². The minimum atomic E-state index is -0.502. The lowest BCUT2D eigenvalue weighted by molar-refractivity contribution is 0.623. The quantitative estimate of drug-likeness (QED) is 0.846. The summed E-state index contributed by atoms with van der Waals surface area (Å²) in [6.45, 7) is 0.554. The second kappa shape index (κ2) is 5.73. The van der Waals surface area contributed by atoms with Gasteiger partial charge in [0.15, 0.2) is 0 Å². The lowest BCUT2D eigenvalue weighted by Gasteiger charge is -2.20. The Bertz CT molecular complexity index is 634. The molecule has 2 rings (SSSR count). The molecule has 2 aromatic rings. The second-order valence-electron chi connectivity index (χ2n) is 4.23. The van der Waals surface area contributed by atoms with Crippen LogP contribution in [0.2, 0.25) is 5.02 Å². The van der Waals surface area contributed by atoms with Crippen LogP contribution < -0.4 is 4.90 Å². The molecule has 0 bridgehead atoms. The summed E-state index contributed by atoms with van der Waals surface area (Å²) in [5, 5.41) is 9.68. The summed E-state index contributed by atoms with van der Waals surface area (Å²) in [6, 6.07) is 14.0. The highest BCUT2D eigenvalue weighted by molar-refractivity contribution is 6.30. The molecular weight excluding hydrogens is 263 g/mol. The Morgan fingerprint density at radius 3 is 2.68 bits per heavy atom. The summed E-state index contributed by atoms with van der Waals surface area (Å²) in [5.41, 5.74) is 1.64. The van der Waals surface area contributed by atoms with Crippen LogP contribution in [-0.4, -0.2) is 7.05 Å². The van der Waals surface area contributed by atoms with Gasteiger partial charge in [0.2, 0.25) is 0 Å². The lowest BCUT2D eigenvalue weighted by Crippen LogP contribution is -2.18. The van der Waals surface area contributed by atoms with Gasteiger partial charge in [-0.25, -0.2) is 4.39 Å². The van der Waals surface area contributed by atoms with Gasteiger partial charge in [-0.2, -0.15) is 5.26 Å². The molecule has 0 aliphatic carbocycles. The third-order valence-electron chi connectivity index (χ3n) is 2.82. The summed E-state index contributed by atoms with van der Waals surface area (Å²) in [6.07, 6.45) is 0.